The molecule has 5 nitrogen and oxygen atoms in total. The van der Waals surface area contributed by atoms with Crippen molar-refractivity contribution in [1.82, 2.24) is 15.6 Å². The molecule has 0 aromatic carbocycles. The van der Waals surface area contributed by atoms with E-state index in [1.807, 2.05) is 6.20 Å². The van der Waals surface area contributed by atoms with Gasteiger partial charge >= 0.3 is 0 Å². The molecular weight excluding hydrogens is 240 g/mol. The van der Waals surface area contributed by atoms with Crippen molar-refractivity contribution in [2.75, 3.05) is 50.8 Å². The molecular formula is C14H20N4O. The van der Waals surface area contributed by atoms with Crippen molar-refractivity contribution in [3.05, 3.63) is 23.9 Å². The normalized spacial score (nSPS) is 28.8. The summed E-state index contributed by atoms with van der Waals surface area (Å²) in [6.07, 6.45) is 2.09. The second-order valence-electron chi connectivity index (χ2n) is 5.97. The van der Waals surface area contributed by atoms with Crippen molar-refractivity contribution < 1.29 is 4.74 Å². The van der Waals surface area contributed by atoms with Crippen LogP contribution in [0.25, 0.3) is 0 Å². The number of morpholine rings is 1. The molecule has 3 fully saturated rings. The maximum Gasteiger partial charge on any atom is 0.128 e. The van der Waals surface area contributed by atoms with Gasteiger partial charge in [-0.1, -0.05) is 0 Å². The molecule has 1 atom stereocenters. The fourth-order valence-electron chi connectivity index (χ4n) is 3.21. The summed E-state index contributed by atoms with van der Waals surface area (Å²) in [5.74, 6) is 1.10. The molecule has 3 saturated heterocycles. The predicted molar refractivity (Wildman–Crippen MR) is 73.3 cm³/mol. The van der Waals surface area contributed by atoms with E-state index >= 15 is 0 Å². The highest BCUT2D eigenvalue weighted by Crippen LogP contribution is 2.37. The van der Waals surface area contributed by atoms with Gasteiger partial charge in [-0.2, -0.15) is 0 Å². The Balaban J connectivity index is 1.47. The largest absolute Gasteiger partial charge is 0.371 e. The summed E-state index contributed by atoms with van der Waals surface area (Å²) < 4.78 is 5.80. The average Bonchev–Trinajstić information content (AvgIpc) is 2.37. The van der Waals surface area contributed by atoms with Gasteiger partial charge in [0.25, 0.3) is 0 Å². The van der Waals surface area contributed by atoms with Crippen LogP contribution < -0.4 is 15.5 Å². The molecule has 102 valence electrons. The van der Waals surface area contributed by atoms with E-state index in [1.54, 1.807) is 0 Å². The molecule has 0 radical (unpaired) electrons. The van der Waals surface area contributed by atoms with Gasteiger partial charge in [0.2, 0.25) is 0 Å². The van der Waals surface area contributed by atoms with Gasteiger partial charge in [0, 0.05) is 50.9 Å². The number of ether oxygens (including phenoxy) is 1. The molecule has 2 N–H and O–H groups in total. The minimum absolute atomic E-state index is 0.177. The Hall–Kier alpha value is -1.17. The molecule has 4 rings (SSSR count). The summed E-state index contributed by atoms with van der Waals surface area (Å²) in [6, 6.07) is 4.26. The topological polar surface area (TPSA) is 49.4 Å². The van der Waals surface area contributed by atoms with Crippen LogP contribution in [-0.2, 0) is 4.74 Å². The zero-order valence-electron chi connectivity index (χ0n) is 11.1. The van der Waals surface area contributed by atoms with Crippen LogP contribution in [0.5, 0.6) is 0 Å². The summed E-state index contributed by atoms with van der Waals surface area (Å²) in [4.78, 5) is 6.89. The van der Waals surface area contributed by atoms with Crippen molar-refractivity contribution in [1.29, 1.82) is 0 Å². The lowest BCUT2D eigenvalue weighted by molar-refractivity contribution is 0.0276. The second kappa shape index (κ2) is 4.44. The Morgan fingerprint density at radius 1 is 1.32 bits per heavy atom. The molecule has 1 aromatic heterocycles. The molecule has 1 aromatic rings. The highest BCUT2D eigenvalue weighted by Gasteiger charge is 2.47. The van der Waals surface area contributed by atoms with Crippen molar-refractivity contribution >= 4 is 5.82 Å². The first-order valence-corrected chi connectivity index (χ1v) is 7.09. The van der Waals surface area contributed by atoms with E-state index in [-0.39, 0.29) is 6.10 Å². The molecule has 1 unspecified atom stereocenters. The molecule has 0 saturated carbocycles. The fraction of sp³-hybridized carbons (Fsp3) is 0.643. The van der Waals surface area contributed by atoms with Gasteiger partial charge in [-0.25, -0.2) is 4.98 Å². The highest BCUT2D eigenvalue weighted by molar-refractivity contribution is 5.46. The predicted octanol–water partition coefficient (Wildman–Crippen LogP) is 0.152. The van der Waals surface area contributed by atoms with Gasteiger partial charge in [-0.05, 0) is 17.7 Å². The summed E-state index contributed by atoms with van der Waals surface area (Å²) in [7, 11) is 0. The van der Waals surface area contributed by atoms with E-state index in [4.69, 9.17) is 4.74 Å². The maximum absolute atomic E-state index is 5.80. The number of nitrogens with zero attached hydrogens (tertiary/aromatic N) is 2. The Morgan fingerprint density at radius 2 is 2.21 bits per heavy atom. The van der Waals surface area contributed by atoms with Crippen LogP contribution in [0.15, 0.2) is 18.3 Å². The maximum atomic E-state index is 5.80. The molecule has 3 aliphatic rings. The van der Waals surface area contributed by atoms with E-state index in [9.17, 15) is 0 Å². The van der Waals surface area contributed by atoms with Crippen LogP contribution >= 0.6 is 0 Å². The summed E-state index contributed by atoms with van der Waals surface area (Å²) in [5.41, 5.74) is 1.78. The molecule has 4 heterocycles. The van der Waals surface area contributed by atoms with Gasteiger partial charge in [0.05, 0.1) is 12.7 Å². The standard InChI is InChI=1S/C14H20N4O/c1-2-17-13(18-9-14(10-18)7-16-8-14)5-11(1)12-6-15-3-4-19-12/h1-2,5,12,15-16H,3-4,6-10H2. The Bertz CT molecular complexity index is 460. The molecule has 19 heavy (non-hydrogen) atoms. The van der Waals surface area contributed by atoms with Crippen LogP contribution in [0, 0.1) is 5.41 Å². The lowest BCUT2D eigenvalue weighted by Crippen LogP contribution is -2.71. The quantitative estimate of drug-likeness (QED) is 0.793. The molecule has 1 spiro atoms. The average molecular weight is 260 g/mol. The zero-order chi connectivity index (χ0) is 12.7. The number of rotatable bonds is 2. The Morgan fingerprint density at radius 3 is 2.89 bits per heavy atom. The third-order valence-corrected chi connectivity index (χ3v) is 4.45. The molecule has 0 bridgehead atoms. The van der Waals surface area contributed by atoms with E-state index in [0.717, 1.165) is 38.6 Å². The van der Waals surface area contributed by atoms with Crippen LogP contribution in [0.3, 0.4) is 0 Å². The molecule has 0 aliphatic carbocycles. The number of hydrogen-bond acceptors (Lipinski definition) is 5. The lowest BCUT2D eigenvalue weighted by Gasteiger charge is -2.56. The highest BCUT2D eigenvalue weighted by atomic mass is 16.5. The van der Waals surface area contributed by atoms with Gasteiger partial charge in [0.15, 0.2) is 0 Å². The second-order valence-corrected chi connectivity index (χ2v) is 5.97. The minimum Gasteiger partial charge on any atom is -0.371 e. The van der Waals surface area contributed by atoms with Crippen molar-refractivity contribution in [2.24, 2.45) is 5.41 Å². The lowest BCUT2D eigenvalue weighted by atomic mass is 9.74. The van der Waals surface area contributed by atoms with Crippen LogP contribution in [-0.4, -0.2) is 50.9 Å². The van der Waals surface area contributed by atoms with Gasteiger partial charge in [-0.3, -0.25) is 0 Å². The minimum atomic E-state index is 0.177. The van der Waals surface area contributed by atoms with E-state index in [1.165, 1.54) is 18.7 Å². The molecule has 3 aliphatic heterocycles. The Kier molecular flexibility index (Phi) is 2.72. The van der Waals surface area contributed by atoms with Crippen LogP contribution in [0.2, 0.25) is 0 Å². The Labute approximate surface area is 113 Å². The third-order valence-electron chi connectivity index (χ3n) is 4.45. The summed E-state index contributed by atoms with van der Waals surface area (Å²) in [6.45, 7) is 7.26. The van der Waals surface area contributed by atoms with Crippen molar-refractivity contribution in [3.63, 3.8) is 0 Å². The number of anilines is 1. The van der Waals surface area contributed by atoms with Gasteiger partial charge in [0.1, 0.15) is 5.82 Å². The van der Waals surface area contributed by atoms with E-state index in [0.29, 0.717) is 5.41 Å². The smallest absolute Gasteiger partial charge is 0.128 e. The van der Waals surface area contributed by atoms with E-state index < -0.39 is 0 Å². The van der Waals surface area contributed by atoms with E-state index in [2.05, 4.69) is 32.7 Å². The SMILES string of the molecule is c1cc(C2CNCCO2)cc(N2CC3(CNC3)C2)n1. The van der Waals surface area contributed by atoms with Crippen molar-refractivity contribution in [2.45, 2.75) is 6.10 Å². The van der Waals surface area contributed by atoms with Crippen LogP contribution in [0.4, 0.5) is 5.82 Å². The number of aromatic nitrogens is 1. The summed E-state index contributed by atoms with van der Waals surface area (Å²) in [5, 5.41) is 6.74. The first kappa shape index (κ1) is 11.6. The van der Waals surface area contributed by atoms with Crippen molar-refractivity contribution in [3.8, 4) is 0 Å². The number of hydrogen-bond donors (Lipinski definition) is 2. The first-order valence-electron chi connectivity index (χ1n) is 7.09. The monoisotopic (exact) mass is 260 g/mol. The summed E-state index contributed by atoms with van der Waals surface area (Å²) >= 11 is 0. The fourth-order valence-corrected chi connectivity index (χ4v) is 3.21. The molecule has 0 amide bonds. The van der Waals surface area contributed by atoms with Gasteiger partial charge < -0.3 is 20.3 Å². The number of nitrogens with one attached hydrogen (secondary N) is 2. The van der Waals surface area contributed by atoms with Gasteiger partial charge in [-0.15, -0.1) is 0 Å². The number of pyridine rings is 1. The first-order chi connectivity index (χ1) is 9.35. The third kappa shape index (κ3) is 2.02. The molecule has 5 heteroatoms. The zero-order valence-corrected chi connectivity index (χ0v) is 11.1. The van der Waals surface area contributed by atoms with Crippen LogP contribution in [0.1, 0.15) is 11.7 Å².